The number of nitriles is 1. The highest BCUT2D eigenvalue weighted by molar-refractivity contribution is 5.78. The Labute approximate surface area is 211 Å². The van der Waals surface area contributed by atoms with Crippen molar-refractivity contribution in [1.82, 2.24) is 25.3 Å². The Balaban J connectivity index is 1.37. The SMILES string of the molecule is Cc1ncc(C(Cc2ccc(C#N)cc2)N2CCN(NC(=O)Cc3cc(C(F)(F)F)ccc3F)CC2)[nH]1. The van der Waals surface area contributed by atoms with Crippen molar-refractivity contribution in [3.63, 3.8) is 0 Å². The van der Waals surface area contributed by atoms with E-state index >= 15 is 0 Å². The standard InChI is InChI=1S/C26H26F4N6O/c1-17-32-16-23(33-17)24(12-18-2-4-19(15-31)5-3-18)35-8-10-36(11-9-35)34-25(37)14-20-13-21(26(28,29)30)6-7-22(20)27/h2-7,13,16,24H,8-12,14H2,1H3,(H,32,33)(H,34,37). The van der Waals surface area contributed by atoms with Crippen LogP contribution < -0.4 is 5.43 Å². The van der Waals surface area contributed by atoms with Crippen molar-refractivity contribution in [2.75, 3.05) is 26.2 Å². The van der Waals surface area contributed by atoms with E-state index in [0.717, 1.165) is 23.1 Å². The van der Waals surface area contributed by atoms with Crippen LogP contribution in [-0.2, 0) is 23.8 Å². The lowest BCUT2D eigenvalue weighted by Gasteiger charge is -2.39. The van der Waals surface area contributed by atoms with Crippen LogP contribution in [0.3, 0.4) is 0 Å². The number of halogens is 4. The van der Waals surface area contributed by atoms with Gasteiger partial charge in [-0.05, 0) is 54.8 Å². The number of hydrazine groups is 1. The number of H-pyrrole nitrogens is 1. The molecule has 0 saturated carbocycles. The van der Waals surface area contributed by atoms with E-state index < -0.39 is 29.9 Å². The van der Waals surface area contributed by atoms with Crippen LogP contribution in [0.1, 0.15) is 39.8 Å². The van der Waals surface area contributed by atoms with E-state index in [4.69, 9.17) is 5.26 Å². The summed E-state index contributed by atoms with van der Waals surface area (Å²) >= 11 is 0. The van der Waals surface area contributed by atoms with Crippen LogP contribution in [-0.4, -0.2) is 52.0 Å². The van der Waals surface area contributed by atoms with Crippen LogP contribution in [0.5, 0.6) is 0 Å². The number of nitrogens with one attached hydrogen (secondary N) is 2. The van der Waals surface area contributed by atoms with Crippen LogP contribution >= 0.6 is 0 Å². The zero-order chi connectivity index (χ0) is 26.6. The molecule has 4 rings (SSSR count). The fourth-order valence-corrected chi connectivity index (χ4v) is 4.40. The molecule has 0 bridgehead atoms. The zero-order valence-electron chi connectivity index (χ0n) is 20.1. The molecule has 1 aliphatic rings. The molecule has 2 N–H and O–H groups in total. The van der Waals surface area contributed by atoms with Crippen molar-refractivity contribution in [2.45, 2.75) is 32.0 Å². The Kier molecular flexibility index (Phi) is 7.90. The molecule has 7 nitrogen and oxygen atoms in total. The van der Waals surface area contributed by atoms with Crippen LogP contribution in [0.25, 0.3) is 0 Å². The number of carbonyl (C=O) groups excluding carboxylic acids is 1. The molecule has 0 aliphatic carbocycles. The molecule has 194 valence electrons. The number of carbonyl (C=O) groups is 1. The van der Waals surface area contributed by atoms with Crippen molar-refractivity contribution >= 4 is 5.91 Å². The van der Waals surface area contributed by atoms with Gasteiger partial charge in [-0.1, -0.05) is 12.1 Å². The van der Waals surface area contributed by atoms with E-state index in [2.05, 4.69) is 26.4 Å². The Morgan fingerprint density at radius 3 is 2.46 bits per heavy atom. The van der Waals surface area contributed by atoms with Crippen molar-refractivity contribution in [3.05, 3.63) is 88.3 Å². The molecular weight excluding hydrogens is 488 g/mol. The lowest BCUT2D eigenvalue weighted by Crippen LogP contribution is -2.54. The first-order valence-electron chi connectivity index (χ1n) is 11.8. The normalized spacial score (nSPS) is 15.8. The molecule has 11 heteroatoms. The molecule has 1 saturated heterocycles. The maximum absolute atomic E-state index is 14.0. The highest BCUT2D eigenvalue weighted by atomic mass is 19.4. The number of piperazine rings is 1. The minimum absolute atomic E-state index is 0.00816. The molecule has 2 heterocycles. The second-order valence-electron chi connectivity index (χ2n) is 8.99. The van der Waals surface area contributed by atoms with E-state index in [-0.39, 0.29) is 11.6 Å². The van der Waals surface area contributed by atoms with Crippen LogP contribution in [0, 0.1) is 24.1 Å². The molecule has 1 unspecified atom stereocenters. The number of imidazole rings is 1. The summed E-state index contributed by atoms with van der Waals surface area (Å²) in [6.45, 7) is 4.05. The fraction of sp³-hybridized carbons (Fsp3) is 0.346. The van der Waals surface area contributed by atoms with Gasteiger partial charge in [-0.15, -0.1) is 0 Å². The number of aromatic nitrogens is 2. The Morgan fingerprint density at radius 2 is 1.86 bits per heavy atom. The predicted molar refractivity (Wildman–Crippen MR) is 127 cm³/mol. The number of hydrogen-bond acceptors (Lipinski definition) is 5. The molecular formula is C26H26F4N6O. The minimum Gasteiger partial charge on any atom is -0.345 e. The first kappa shape index (κ1) is 26.3. The fourth-order valence-electron chi connectivity index (χ4n) is 4.40. The third kappa shape index (κ3) is 6.72. The van der Waals surface area contributed by atoms with E-state index in [9.17, 15) is 22.4 Å². The van der Waals surface area contributed by atoms with Crippen molar-refractivity contribution in [1.29, 1.82) is 5.26 Å². The van der Waals surface area contributed by atoms with Crippen molar-refractivity contribution in [2.24, 2.45) is 0 Å². The Morgan fingerprint density at radius 1 is 1.16 bits per heavy atom. The predicted octanol–water partition coefficient (Wildman–Crippen LogP) is 3.92. The molecule has 2 aromatic carbocycles. The number of nitrogens with zero attached hydrogens (tertiary/aromatic N) is 4. The van der Waals surface area contributed by atoms with Gasteiger partial charge in [-0.3, -0.25) is 15.1 Å². The van der Waals surface area contributed by atoms with Crippen molar-refractivity contribution < 1.29 is 22.4 Å². The number of hydrogen-bond donors (Lipinski definition) is 2. The maximum atomic E-state index is 14.0. The highest BCUT2D eigenvalue weighted by Crippen LogP contribution is 2.30. The average molecular weight is 515 g/mol. The smallest absolute Gasteiger partial charge is 0.345 e. The van der Waals surface area contributed by atoms with E-state index in [1.807, 2.05) is 19.1 Å². The Bertz CT molecular complexity index is 1270. The molecule has 1 fully saturated rings. The van der Waals surface area contributed by atoms with Crippen LogP contribution in [0.2, 0.25) is 0 Å². The third-order valence-corrected chi connectivity index (χ3v) is 6.36. The number of alkyl halides is 3. The third-order valence-electron chi connectivity index (χ3n) is 6.36. The number of rotatable bonds is 7. The van der Waals surface area contributed by atoms with Gasteiger partial charge >= 0.3 is 6.18 Å². The van der Waals surface area contributed by atoms with Gasteiger partial charge in [-0.2, -0.15) is 18.4 Å². The van der Waals surface area contributed by atoms with Gasteiger partial charge in [0.2, 0.25) is 5.91 Å². The summed E-state index contributed by atoms with van der Waals surface area (Å²) in [4.78, 5) is 22.4. The summed E-state index contributed by atoms with van der Waals surface area (Å²) in [5.41, 5.74) is 4.00. The molecule has 1 aromatic heterocycles. The zero-order valence-corrected chi connectivity index (χ0v) is 20.1. The summed E-state index contributed by atoms with van der Waals surface area (Å²) in [5.74, 6) is -0.633. The average Bonchev–Trinajstić information content (AvgIpc) is 3.30. The topological polar surface area (TPSA) is 88.1 Å². The largest absolute Gasteiger partial charge is 0.416 e. The summed E-state index contributed by atoms with van der Waals surface area (Å²) < 4.78 is 52.9. The number of aromatic amines is 1. The van der Waals surface area contributed by atoms with Gasteiger partial charge in [0.15, 0.2) is 0 Å². The highest BCUT2D eigenvalue weighted by Gasteiger charge is 2.31. The number of benzene rings is 2. The quantitative estimate of drug-likeness (QED) is 0.467. The first-order valence-corrected chi connectivity index (χ1v) is 11.8. The lowest BCUT2D eigenvalue weighted by molar-refractivity contribution is -0.137. The van der Waals surface area contributed by atoms with Crippen LogP contribution in [0.15, 0.2) is 48.7 Å². The maximum Gasteiger partial charge on any atom is 0.416 e. The van der Waals surface area contributed by atoms with Gasteiger partial charge in [0.05, 0.1) is 35.4 Å². The molecule has 1 atom stereocenters. The molecule has 1 amide bonds. The van der Waals surface area contributed by atoms with E-state index in [1.165, 1.54) is 0 Å². The first-order chi connectivity index (χ1) is 17.6. The number of aryl methyl sites for hydroxylation is 1. The number of amides is 1. The van der Waals surface area contributed by atoms with E-state index in [0.29, 0.717) is 50.3 Å². The van der Waals surface area contributed by atoms with Gasteiger partial charge in [0, 0.05) is 32.4 Å². The van der Waals surface area contributed by atoms with Crippen LogP contribution in [0.4, 0.5) is 17.6 Å². The Hall–Kier alpha value is -3.75. The van der Waals surface area contributed by atoms with E-state index in [1.54, 1.807) is 23.3 Å². The van der Waals surface area contributed by atoms with Gasteiger partial charge in [-0.25, -0.2) is 14.4 Å². The molecule has 3 aromatic rings. The molecule has 37 heavy (non-hydrogen) atoms. The second kappa shape index (κ2) is 11.1. The summed E-state index contributed by atoms with van der Waals surface area (Å²) in [5, 5.41) is 10.7. The second-order valence-corrected chi connectivity index (χ2v) is 8.99. The summed E-state index contributed by atoms with van der Waals surface area (Å²) in [6.07, 6.45) is -2.61. The minimum atomic E-state index is -4.61. The van der Waals surface area contributed by atoms with Gasteiger partial charge in [0.25, 0.3) is 0 Å². The van der Waals surface area contributed by atoms with Gasteiger partial charge < -0.3 is 4.98 Å². The molecule has 0 spiro atoms. The van der Waals surface area contributed by atoms with Crippen molar-refractivity contribution in [3.8, 4) is 6.07 Å². The molecule has 1 aliphatic heterocycles. The monoisotopic (exact) mass is 514 g/mol. The summed E-state index contributed by atoms with van der Waals surface area (Å²) in [7, 11) is 0. The van der Waals surface area contributed by atoms with Gasteiger partial charge in [0.1, 0.15) is 11.6 Å². The molecule has 0 radical (unpaired) electrons. The summed E-state index contributed by atoms with van der Waals surface area (Å²) in [6, 6.07) is 11.6. The lowest BCUT2D eigenvalue weighted by atomic mass is 10.0.